The summed E-state index contributed by atoms with van der Waals surface area (Å²) >= 11 is 0. The maximum absolute atomic E-state index is 10.4. The van der Waals surface area contributed by atoms with E-state index in [2.05, 4.69) is 16.4 Å². The molecule has 0 spiro atoms. The zero-order valence-corrected chi connectivity index (χ0v) is 4.77. The van der Waals surface area contributed by atoms with Gasteiger partial charge in [-0.2, -0.15) is 5.53 Å². The fraction of sp³-hybridized carbons (Fsp3) is 0.250. The van der Waals surface area contributed by atoms with Crippen molar-refractivity contribution >= 4 is 5.91 Å². The zero-order chi connectivity index (χ0) is 6.69. The quantitative estimate of drug-likeness (QED) is 0.328. The maximum atomic E-state index is 10.4. The van der Waals surface area contributed by atoms with Crippen LogP contribution < -0.4 is 22.1 Å². The minimum atomic E-state index is -0.455. The van der Waals surface area contributed by atoms with Gasteiger partial charge in [0, 0.05) is 6.54 Å². The molecule has 0 bridgehead atoms. The van der Waals surface area contributed by atoms with Crippen molar-refractivity contribution in [2.75, 3.05) is 6.54 Å². The Kier molecular flexibility index (Phi) is 1.66. The molecule has 1 aliphatic heterocycles. The lowest BCUT2D eigenvalue weighted by molar-refractivity contribution is -0.115. The molecule has 0 aromatic carbocycles. The van der Waals surface area contributed by atoms with Gasteiger partial charge in [0.25, 0.3) is 5.91 Å². The summed E-state index contributed by atoms with van der Waals surface area (Å²) in [7, 11) is 0. The summed E-state index contributed by atoms with van der Waals surface area (Å²) in [5.41, 5.74) is 13.1. The number of primary amides is 1. The van der Waals surface area contributed by atoms with Crippen molar-refractivity contribution in [1.82, 2.24) is 16.4 Å². The van der Waals surface area contributed by atoms with Crippen molar-refractivity contribution in [2.45, 2.75) is 0 Å². The number of rotatable bonds is 1. The molecule has 0 aromatic heterocycles. The molecule has 1 aliphatic rings. The van der Waals surface area contributed by atoms with E-state index in [9.17, 15) is 4.79 Å². The number of hydrogen-bond acceptors (Lipinski definition) is 4. The molecule has 5 nitrogen and oxygen atoms in total. The molecule has 1 rings (SSSR count). The molecule has 0 atom stereocenters. The van der Waals surface area contributed by atoms with Gasteiger partial charge in [-0.15, -0.1) is 0 Å². The van der Waals surface area contributed by atoms with E-state index in [0.29, 0.717) is 12.2 Å². The van der Waals surface area contributed by atoms with Gasteiger partial charge in [0.2, 0.25) is 0 Å². The van der Waals surface area contributed by atoms with Crippen LogP contribution in [0.5, 0.6) is 0 Å². The fourth-order valence-corrected chi connectivity index (χ4v) is 0.529. The van der Waals surface area contributed by atoms with E-state index in [4.69, 9.17) is 5.73 Å². The molecule has 0 fully saturated rings. The Morgan fingerprint density at radius 3 is 2.89 bits per heavy atom. The van der Waals surface area contributed by atoms with Crippen LogP contribution in [0.25, 0.3) is 0 Å². The number of carbonyl (C=O) groups excluding carboxylic acids is 1. The third-order valence-electron chi connectivity index (χ3n) is 0.959. The number of carbonyl (C=O) groups is 1. The van der Waals surface area contributed by atoms with E-state index in [0.717, 1.165) is 0 Å². The monoisotopic (exact) mass is 128 g/mol. The molecular formula is C4H8N4O. The van der Waals surface area contributed by atoms with Crippen LogP contribution in [-0.2, 0) is 4.79 Å². The molecule has 0 aromatic rings. The third-order valence-corrected chi connectivity index (χ3v) is 0.959. The first kappa shape index (κ1) is 6.06. The largest absolute Gasteiger partial charge is 0.364 e. The minimum absolute atomic E-state index is 0.397. The number of hydrogen-bond donors (Lipinski definition) is 4. The maximum Gasteiger partial charge on any atom is 0.265 e. The fourth-order valence-electron chi connectivity index (χ4n) is 0.529. The van der Waals surface area contributed by atoms with E-state index in [1.807, 2.05) is 0 Å². The van der Waals surface area contributed by atoms with E-state index >= 15 is 0 Å². The second-order valence-corrected chi connectivity index (χ2v) is 1.61. The predicted octanol–water partition coefficient (Wildman–Crippen LogP) is -2.03. The van der Waals surface area contributed by atoms with Gasteiger partial charge in [0.05, 0.1) is 0 Å². The van der Waals surface area contributed by atoms with Gasteiger partial charge in [0.15, 0.2) is 0 Å². The van der Waals surface area contributed by atoms with Crippen molar-refractivity contribution in [3.05, 3.63) is 11.8 Å². The Bertz CT molecular complexity index is 153. The summed E-state index contributed by atoms with van der Waals surface area (Å²) in [5, 5.41) is 0. The summed E-state index contributed by atoms with van der Waals surface area (Å²) in [6.45, 7) is 0.602. The Labute approximate surface area is 52.2 Å². The highest BCUT2D eigenvalue weighted by atomic mass is 16.1. The highest BCUT2D eigenvalue weighted by Crippen LogP contribution is 1.85. The number of hydrazine groups is 2. The summed E-state index contributed by atoms with van der Waals surface area (Å²) < 4.78 is 0. The van der Waals surface area contributed by atoms with E-state index in [-0.39, 0.29) is 0 Å². The summed E-state index contributed by atoms with van der Waals surface area (Å²) in [6.07, 6.45) is 1.67. The molecule has 0 radical (unpaired) electrons. The van der Waals surface area contributed by atoms with Gasteiger partial charge in [0.1, 0.15) is 5.70 Å². The second kappa shape index (κ2) is 2.47. The third kappa shape index (κ3) is 1.41. The standard InChI is InChI=1S/C4H8N4O/c5-4(9)3-1-2-6-8-7-3/h1,6-8H,2H2,(H2,5,9). The zero-order valence-electron chi connectivity index (χ0n) is 4.77. The Morgan fingerprint density at radius 1 is 1.78 bits per heavy atom. The summed E-state index contributed by atoms with van der Waals surface area (Å²) in [4.78, 5) is 10.4. The lowest BCUT2D eigenvalue weighted by atomic mass is 10.4. The van der Waals surface area contributed by atoms with Crippen LogP contribution in [0.4, 0.5) is 0 Å². The van der Waals surface area contributed by atoms with Crippen LogP contribution in [0.1, 0.15) is 0 Å². The van der Waals surface area contributed by atoms with Gasteiger partial charge >= 0.3 is 0 Å². The van der Waals surface area contributed by atoms with Crippen LogP contribution in [0.3, 0.4) is 0 Å². The first-order chi connectivity index (χ1) is 4.30. The summed E-state index contributed by atoms with van der Waals surface area (Å²) in [5.74, 6) is -0.455. The highest BCUT2D eigenvalue weighted by Gasteiger charge is 2.04. The summed E-state index contributed by atoms with van der Waals surface area (Å²) in [6, 6.07) is 0. The van der Waals surface area contributed by atoms with Crippen molar-refractivity contribution < 1.29 is 4.79 Å². The Morgan fingerprint density at radius 2 is 2.56 bits per heavy atom. The van der Waals surface area contributed by atoms with Crippen molar-refractivity contribution in [3.8, 4) is 0 Å². The van der Waals surface area contributed by atoms with Crippen LogP contribution in [-0.4, -0.2) is 12.5 Å². The topological polar surface area (TPSA) is 79.2 Å². The van der Waals surface area contributed by atoms with Gasteiger partial charge in [-0.3, -0.25) is 4.79 Å². The van der Waals surface area contributed by atoms with E-state index < -0.39 is 5.91 Å². The highest BCUT2D eigenvalue weighted by molar-refractivity contribution is 5.91. The van der Waals surface area contributed by atoms with Gasteiger partial charge in [-0.1, -0.05) is 0 Å². The van der Waals surface area contributed by atoms with E-state index in [1.54, 1.807) is 6.08 Å². The van der Waals surface area contributed by atoms with Gasteiger partial charge in [-0.05, 0) is 6.08 Å². The average molecular weight is 128 g/mol. The lowest BCUT2D eigenvalue weighted by Crippen LogP contribution is -2.49. The molecule has 0 saturated heterocycles. The predicted molar refractivity (Wildman–Crippen MR) is 31.6 cm³/mol. The van der Waals surface area contributed by atoms with Crippen LogP contribution in [0, 0.1) is 0 Å². The van der Waals surface area contributed by atoms with Crippen molar-refractivity contribution in [3.63, 3.8) is 0 Å². The normalized spacial score (nSPS) is 18.0. The number of nitrogens with two attached hydrogens (primary N) is 1. The lowest BCUT2D eigenvalue weighted by Gasteiger charge is -2.14. The average Bonchev–Trinajstić information content (AvgIpc) is 1.90. The van der Waals surface area contributed by atoms with Crippen molar-refractivity contribution in [1.29, 1.82) is 0 Å². The van der Waals surface area contributed by atoms with Crippen molar-refractivity contribution in [2.24, 2.45) is 5.73 Å². The first-order valence-corrected chi connectivity index (χ1v) is 2.54. The molecule has 9 heavy (non-hydrogen) atoms. The molecule has 1 amide bonds. The van der Waals surface area contributed by atoms with Crippen LogP contribution >= 0.6 is 0 Å². The minimum Gasteiger partial charge on any atom is -0.364 e. The molecule has 0 aliphatic carbocycles. The number of nitrogens with one attached hydrogen (secondary N) is 3. The molecule has 0 unspecified atom stereocenters. The Hall–Kier alpha value is -1.07. The smallest absolute Gasteiger partial charge is 0.265 e. The van der Waals surface area contributed by atoms with Gasteiger partial charge < -0.3 is 11.2 Å². The van der Waals surface area contributed by atoms with Gasteiger partial charge in [-0.25, -0.2) is 5.43 Å². The molecule has 0 saturated carbocycles. The Balaban J connectivity index is 2.57. The SMILES string of the molecule is NC(=O)C1=CCNNN1. The van der Waals surface area contributed by atoms with E-state index in [1.165, 1.54) is 0 Å². The molecule has 50 valence electrons. The first-order valence-electron chi connectivity index (χ1n) is 2.54. The van der Waals surface area contributed by atoms with Crippen LogP contribution in [0.15, 0.2) is 11.8 Å². The second-order valence-electron chi connectivity index (χ2n) is 1.61. The molecule has 1 heterocycles. The van der Waals surface area contributed by atoms with Crippen LogP contribution in [0.2, 0.25) is 0 Å². The number of amides is 1. The molecule has 5 heteroatoms. The molecular weight excluding hydrogens is 120 g/mol. The molecule has 5 N–H and O–H groups in total.